The van der Waals surface area contributed by atoms with Crippen molar-refractivity contribution in [1.29, 1.82) is 0 Å². The SMILES string of the molecule is [CH]1C=C[CH-][C]1CN(Cc1ccc[cH-]1)c1cccc(N(c2ccccc2)c2ccc(N=Nc3ccccc3)cc2)c1.[Fe+2]. The third-order valence-electron chi connectivity index (χ3n) is 6.82. The van der Waals surface area contributed by atoms with E-state index in [1.807, 2.05) is 48.5 Å². The first-order valence-electron chi connectivity index (χ1n) is 13.5. The standard InChI is InChI=1S/C36H30N4.Fe/c1-3-16-31(17-4-1)37-38-32-22-24-34(25-23-32)40(33-18-5-2-6-19-33)36-21-11-20-35(26-36)39(27-29-12-7-8-13-29)28-30-14-9-10-15-30;/h1-26H,27-28H2;/q-2;+2. The molecule has 1 aliphatic carbocycles. The summed E-state index contributed by atoms with van der Waals surface area (Å²) in [5.41, 5.74) is 7.37. The molecule has 0 aromatic heterocycles. The second kappa shape index (κ2) is 13.8. The Bertz CT molecular complexity index is 1540. The number of allylic oxidation sites excluding steroid dienone is 2. The molecule has 0 atom stereocenters. The van der Waals surface area contributed by atoms with Crippen LogP contribution in [0.15, 0.2) is 156 Å². The minimum Gasteiger partial charge on any atom is -0.370 e. The van der Waals surface area contributed by atoms with Crippen LogP contribution in [0.5, 0.6) is 0 Å². The molecule has 0 bridgehead atoms. The molecule has 2 radical (unpaired) electrons. The van der Waals surface area contributed by atoms with E-state index in [4.69, 9.17) is 0 Å². The monoisotopic (exact) mass is 574 g/mol. The molecule has 0 N–H and O–H groups in total. The Kier molecular flexibility index (Phi) is 9.43. The maximum absolute atomic E-state index is 4.43. The van der Waals surface area contributed by atoms with Crippen molar-refractivity contribution < 1.29 is 17.1 Å². The smallest absolute Gasteiger partial charge is 0.370 e. The Labute approximate surface area is 253 Å². The van der Waals surface area contributed by atoms with Crippen molar-refractivity contribution in [2.45, 2.75) is 6.54 Å². The predicted molar refractivity (Wildman–Crippen MR) is 166 cm³/mol. The molecular formula is C36H30FeN4. The van der Waals surface area contributed by atoms with Gasteiger partial charge in [-0.25, -0.2) is 30.7 Å². The Morgan fingerprint density at radius 1 is 0.585 bits per heavy atom. The van der Waals surface area contributed by atoms with Crippen LogP contribution in [0, 0.1) is 18.8 Å². The van der Waals surface area contributed by atoms with Gasteiger partial charge >= 0.3 is 17.1 Å². The summed E-state index contributed by atoms with van der Waals surface area (Å²) in [6, 6.07) is 45.9. The Balaban J connectivity index is 0.00000337. The molecule has 202 valence electrons. The summed E-state index contributed by atoms with van der Waals surface area (Å²) in [5.74, 6) is 1.30. The van der Waals surface area contributed by atoms with Crippen LogP contribution in [-0.4, -0.2) is 6.54 Å². The van der Waals surface area contributed by atoms with Gasteiger partial charge in [-0.2, -0.15) is 22.4 Å². The van der Waals surface area contributed by atoms with Crippen LogP contribution in [0.25, 0.3) is 0 Å². The molecule has 0 unspecified atom stereocenters. The Morgan fingerprint density at radius 2 is 1.24 bits per heavy atom. The van der Waals surface area contributed by atoms with Crippen LogP contribution in [0.1, 0.15) is 5.56 Å². The number of rotatable bonds is 10. The molecule has 0 spiro atoms. The Morgan fingerprint density at radius 3 is 1.93 bits per heavy atom. The maximum atomic E-state index is 4.43. The minimum absolute atomic E-state index is 0. The zero-order valence-corrected chi connectivity index (χ0v) is 23.7. The number of hydrogen-bond acceptors (Lipinski definition) is 4. The van der Waals surface area contributed by atoms with Crippen molar-refractivity contribution in [1.82, 2.24) is 0 Å². The van der Waals surface area contributed by atoms with Gasteiger partial charge in [0, 0.05) is 35.8 Å². The zero-order chi connectivity index (χ0) is 27.0. The van der Waals surface area contributed by atoms with E-state index in [0.717, 1.165) is 41.5 Å². The molecule has 5 heteroatoms. The summed E-state index contributed by atoms with van der Waals surface area (Å²) in [5, 5.41) is 8.80. The minimum atomic E-state index is 0. The fourth-order valence-electron chi connectivity index (χ4n) is 4.85. The molecule has 0 saturated heterocycles. The molecule has 5 aromatic rings. The van der Waals surface area contributed by atoms with E-state index in [9.17, 15) is 0 Å². The van der Waals surface area contributed by atoms with Crippen LogP contribution in [0.3, 0.4) is 0 Å². The summed E-state index contributed by atoms with van der Waals surface area (Å²) in [6.45, 7) is 1.68. The van der Waals surface area contributed by atoms with Crippen molar-refractivity contribution in [3.8, 4) is 0 Å². The quantitative estimate of drug-likeness (QED) is 0.0945. The molecule has 4 nitrogen and oxygen atoms in total. The van der Waals surface area contributed by atoms with Gasteiger partial charge in [0.25, 0.3) is 0 Å². The zero-order valence-electron chi connectivity index (χ0n) is 22.6. The fraction of sp³-hybridized carbons (Fsp3) is 0.0556. The summed E-state index contributed by atoms with van der Waals surface area (Å²) in [4.78, 5) is 4.72. The van der Waals surface area contributed by atoms with E-state index >= 15 is 0 Å². The first kappa shape index (κ1) is 28.1. The van der Waals surface area contributed by atoms with Crippen LogP contribution in [0.4, 0.5) is 34.1 Å². The summed E-state index contributed by atoms with van der Waals surface area (Å²) >= 11 is 0. The van der Waals surface area contributed by atoms with Crippen LogP contribution < -0.4 is 9.80 Å². The number of benzene rings is 4. The Hall–Kier alpha value is -4.44. The molecule has 0 amide bonds. The summed E-state index contributed by atoms with van der Waals surface area (Å²) in [7, 11) is 0. The molecule has 1 aliphatic rings. The molecule has 0 fully saturated rings. The van der Waals surface area contributed by atoms with Crippen molar-refractivity contribution >= 4 is 34.1 Å². The van der Waals surface area contributed by atoms with Crippen molar-refractivity contribution in [2.24, 2.45) is 10.2 Å². The van der Waals surface area contributed by atoms with Gasteiger partial charge in [0.2, 0.25) is 0 Å². The molecule has 0 heterocycles. The largest absolute Gasteiger partial charge is 2.00 e. The van der Waals surface area contributed by atoms with Gasteiger partial charge in [0.1, 0.15) is 0 Å². The summed E-state index contributed by atoms with van der Waals surface area (Å²) < 4.78 is 0. The van der Waals surface area contributed by atoms with E-state index in [2.05, 4.69) is 130 Å². The van der Waals surface area contributed by atoms with E-state index in [-0.39, 0.29) is 17.1 Å². The number of hydrogen-bond donors (Lipinski definition) is 0. The maximum Gasteiger partial charge on any atom is 2.00 e. The van der Waals surface area contributed by atoms with Gasteiger partial charge in [0.15, 0.2) is 0 Å². The van der Waals surface area contributed by atoms with Gasteiger partial charge in [-0.1, -0.05) is 48.4 Å². The van der Waals surface area contributed by atoms with Gasteiger partial charge in [-0.15, -0.1) is 12.0 Å². The van der Waals surface area contributed by atoms with E-state index in [0.29, 0.717) is 0 Å². The second-order valence-corrected chi connectivity index (χ2v) is 9.69. The molecule has 41 heavy (non-hydrogen) atoms. The second-order valence-electron chi connectivity index (χ2n) is 9.69. The average Bonchev–Trinajstić information content (AvgIpc) is 3.73. The topological polar surface area (TPSA) is 31.2 Å². The van der Waals surface area contributed by atoms with E-state index in [1.54, 1.807) is 0 Å². The first-order chi connectivity index (χ1) is 19.8. The number of nitrogens with zero attached hydrogens (tertiary/aromatic N) is 4. The van der Waals surface area contributed by atoms with E-state index < -0.39 is 0 Å². The van der Waals surface area contributed by atoms with Gasteiger partial charge in [-0.3, -0.25) is 0 Å². The van der Waals surface area contributed by atoms with Gasteiger partial charge < -0.3 is 9.80 Å². The number of azo groups is 1. The van der Waals surface area contributed by atoms with Crippen molar-refractivity contribution in [3.05, 3.63) is 170 Å². The normalized spacial score (nSPS) is 12.7. The van der Waals surface area contributed by atoms with Crippen LogP contribution in [-0.2, 0) is 23.6 Å². The van der Waals surface area contributed by atoms with Gasteiger partial charge in [-0.05, 0) is 66.7 Å². The van der Waals surface area contributed by atoms with Crippen LogP contribution in [0.2, 0.25) is 0 Å². The molecule has 6 rings (SSSR count). The number of para-hydroxylation sites is 1. The first-order valence-corrected chi connectivity index (χ1v) is 13.5. The van der Waals surface area contributed by atoms with Crippen LogP contribution >= 0.6 is 0 Å². The third-order valence-corrected chi connectivity index (χ3v) is 6.82. The molecule has 0 saturated carbocycles. The fourth-order valence-corrected chi connectivity index (χ4v) is 4.85. The molecule has 5 aromatic carbocycles. The molecule has 0 aliphatic heterocycles. The number of anilines is 4. The van der Waals surface area contributed by atoms with Gasteiger partial charge in [0.05, 0.1) is 11.4 Å². The predicted octanol–water partition coefficient (Wildman–Crippen LogP) is 9.85. The van der Waals surface area contributed by atoms with Crippen molar-refractivity contribution in [3.63, 3.8) is 0 Å². The van der Waals surface area contributed by atoms with E-state index in [1.165, 1.54) is 17.2 Å². The third kappa shape index (κ3) is 7.20. The molecular weight excluding hydrogens is 544 g/mol. The summed E-state index contributed by atoms with van der Waals surface area (Å²) in [6.07, 6.45) is 8.59. The van der Waals surface area contributed by atoms with Crippen molar-refractivity contribution in [2.75, 3.05) is 16.3 Å². The average molecular weight is 575 g/mol.